The van der Waals surface area contributed by atoms with Crippen LogP contribution in [0.5, 0.6) is 0 Å². The van der Waals surface area contributed by atoms with Crippen molar-refractivity contribution in [3.63, 3.8) is 0 Å². The Morgan fingerprint density at radius 2 is 1.91 bits per heavy atom. The number of benzene rings is 2. The molecule has 0 saturated carbocycles. The van der Waals surface area contributed by atoms with Crippen LogP contribution in [-0.2, 0) is 29.6 Å². The number of aromatic nitrogens is 1. The third-order valence-electron chi connectivity index (χ3n) is 6.54. The monoisotopic (exact) mass is 483 g/mol. The van der Waals surface area contributed by atoms with Crippen LogP contribution in [0, 0.1) is 0 Å². The molecule has 8 heteroatoms. The quantitative estimate of drug-likeness (QED) is 0.476. The van der Waals surface area contributed by atoms with Gasteiger partial charge in [0.15, 0.2) is 0 Å². The van der Waals surface area contributed by atoms with E-state index in [1.807, 2.05) is 18.2 Å². The smallest absolute Gasteiger partial charge is 0.303 e. The molecule has 7 nitrogen and oxygen atoms in total. The van der Waals surface area contributed by atoms with Gasteiger partial charge in [-0.2, -0.15) is 12.7 Å². The number of nitrogens with zero attached hydrogens (tertiary/aromatic N) is 2. The zero-order valence-corrected chi connectivity index (χ0v) is 20.9. The van der Waals surface area contributed by atoms with Crippen molar-refractivity contribution in [1.82, 2.24) is 13.6 Å². The molecule has 34 heavy (non-hydrogen) atoms. The van der Waals surface area contributed by atoms with Crippen LogP contribution < -0.4 is 4.72 Å². The lowest BCUT2D eigenvalue weighted by atomic mass is 9.95. The number of unbranched alkanes of at least 4 members (excludes halogenated alkanes) is 3. The summed E-state index contributed by atoms with van der Waals surface area (Å²) in [6, 6.07) is 13.5. The summed E-state index contributed by atoms with van der Waals surface area (Å²) in [5.41, 5.74) is 5.65. The lowest BCUT2D eigenvalue weighted by Gasteiger charge is -2.13. The third-order valence-corrected chi connectivity index (χ3v) is 7.94. The first-order valence-electron chi connectivity index (χ1n) is 11.9. The SMILES string of the molecule is CCCCCCc1c2n(c3cc(C(=O)NS(=O)(=O)N(C)C)ccc13)CC(O)Cc1ccccc1-2. The van der Waals surface area contributed by atoms with Crippen LogP contribution in [0.2, 0.25) is 0 Å². The van der Waals surface area contributed by atoms with E-state index in [0.717, 1.165) is 57.7 Å². The van der Waals surface area contributed by atoms with E-state index in [1.165, 1.54) is 26.1 Å². The van der Waals surface area contributed by atoms with Crippen molar-refractivity contribution >= 4 is 27.0 Å². The lowest BCUT2D eigenvalue weighted by Crippen LogP contribution is -2.39. The number of amides is 1. The van der Waals surface area contributed by atoms with E-state index in [4.69, 9.17) is 0 Å². The molecule has 1 atom stereocenters. The molecule has 3 aromatic rings. The number of aryl methyl sites for hydroxylation is 1. The maximum absolute atomic E-state index is 12.8. The van der Waals surface area contributed by atoms with Crippen LogP contribution in [0.15, 0.2) is 42.5 Å². The van der Waals surface area contributed by atoms with E-state index in [2.05, 4.69) is 28.3 Å². The first kappa shape index (κ1) is 24.4. The molecular weight excluding hydrogens is 450 g/mol. The number of carbonyl (C=O) groups is 1. The van der Waals surface area contributed by atoms with Gasteiger partial charge in [0.2, 0.25) is 0 Å². The summed E-state index contributed by atoms with van der Waals surface area (Å²) < 4.78 is 29.5. The zero-order chi connectivity index (χ0) is 24.5. The Hall–Kier alpha value is -2.68. The number of aliphatic hydroxyl groups excluding tert-OH is 1. The fourth-order valence-corrected chi connectivity index (χ4v) is 5.30. The van der Waals surface area contributed by atoms with Crippen molar-refractivity contribution in [3.8, 4) is 11.3 Å². The Labute approximate surface area is 201 Å². The second kappa shape index (κ2) is 9.90. The van der Waals surface area contributed by atoms with E-state index in [9.17, 15) is 18.3 Å². The fourth-order valence-electron chi connectivity index (χ4n) is 4.77. The molecule has 1 amide bonds. The van der Waals surface area contributed by atoms with E-state index in [0.29, 0.717) is 13.0 Å². The van der Waals surface area contributed by atoms with Crippen LogP contribution in [-0.4, -0.2) is 48.5 Å². The minimum Gasteiger partial charge on any atom is -0.391 e. The predicted octanol–water partition coefficient (Wildman–Crippen LogP) is 3.88. The molecule has 0 bridgehead atoms. The standard InChI is InChI=1S/C26H33N3O4S/c1-4-5-6-7-12-23-22-14-13-19(26(31)27-34(32,33)28(2)3)16-24(22)29-17-20(30)15-18-10-8-9-11-21(18)25(23)29/h8-11,13-14,16,20,30H,4-7,12,15,17H2,1-3H3,(H,27,31). The average molecular weight is 484 g/mol. The number of carbonyl (C=O) groups excluding carboxylic acids is 1. The molecule has 2 aromatic carbocycles. The van der Waals surface area contributed by atoms with Crippen molar-refractivity contribution in [2.45, 2.75) is 58.1 Å². The van der Waals surface area contributed by atoms with Gasteiger partial charge in [0.05, 0.1) is 11.8 Å². The highest BCUT2D eigenvalue weighted by Gasteiger charge is 2.27. The highest BCUT2D eigenvalue weighted by atomic mass is 32.2. The topological polar surface area (TPSA) is 91.6 Å². The molecule has 0 saturated heterocycles. The number of hydrogen-bond acceptors (Lipinski definition) is 4. The summed E-state index contributed by atoms with van der Waals surface area (Å²) in [7, 11) is -1.16. The van der Waals surface area contributed by atoms with Crippen LogP contribution in [0.4, 0.5) is 0 Å². The number of aliphatic hydroxyl groups is 1. The van der Waals surface area contributed by atoms with E-state index in [-0.39, 0.29) is 5.56 Å². The van der Waals surface area contributed by atoms with Gasteiger partial charge in [0.1, 0.15) is 0 Å². The minimum absolute atomic E-state index is 0.266. The Kier molecular flexibility index (Phi) is 7.12. The highest BCUT2D eigenvalue weighted by Crippen LogP contribution is 2.39. The average Bonchev–Trinajstić information content (AvgIpc) is 2.99. The summed E-state index contributed by atoms with van der Waals surface area (Å²) in [5, 5.41) is 11.8. The van der Waals surface area contributed by atoms with Crippen LogP contribution in [0.1, 0.15) is 54.1 Å². The predicted molar refractivity (Wildman–Crippen MR) is 135 cm³/mol. The van der Waals surface area contributed by atoms with Gasteiger partial charge in [-0.3, -0.25) is 4.79 Å². The van der Waals surface area contributed by atoms with E-state index in [1.54, 1.807) is 12.1 Å². The summed E-state index contributed by atoms with van der Waals surface area (Å²) >= 11 is 0. The molecule has 1 aliphatic heterocycles. The second-order valence-electron chi connectivity index (χ2n) is 9.21. The lowest BCUT2D eigenvalue weighted by molar-refractivity contribution is 0.0980. The van der Waals surface area contributed by atoms with Crippen molar-refractivity contribution in [2.75, 3.05) is 14.1 Å². The summed E-state index contributed by atoms with van der Waals surface area (Å²) in [6.07, 6.45) is 5.48. The normalized spacial score (nSPS) is 15.7. The van der Waals surface area contributed by atoms with Gasteiger partial charge in [-0.25, -0.2) is 4.72 Å². The van der Waals surface area contributed by atoms with Crippen molar-refractivity contribution in [1.29, 1.82) is 0 Å². The molecule has 2 heterocycles. The van der Waals surface area contributed by atoms with Gasteiger partial charge in [-0.15, -0.1) is 0 Å². The third kappa shape index (κ3) is 4.76. The minimum atomic E-state index is -3.90. The number of nitrogens with one attached hydrogen (secondary N) is 1. The molecule has 2 N–H and O–H groups in total. The first-order chi connectivity index (χ1) is 16.2. The zero-order valence-electron chi connectivity index (χ0n) is 20.0. The largest absolute Gasteiger partial charge is 0.391 e. The van der Waals surface area contributed by atoms with Crippen LogP contribution >= 0.6 is 0 Å². The van der Waals surface area contributed by atoms with Gasteiger partial charge in [0.25, 0.3) is 5.91 Å². The molecular formula is C26H33N3O4S. The van der Waals surface area contributed by atoms with Gasteiger partial charge in [0, 0.05) is 49.1 Å². The van der Waals surface area contributed by atoms with Crippen molar-refractivity contribution < 1.29 is 18.3 Å². The molecule has 0 fully saturated rings. The van der Waals surface area contributed by atoms with Gasteiger partial charge < -0.3 is 9.67 Å². The van der Waals surface area contributed by atoms with E-state index < -0.39 is 22.2 Å². The van der Waals surface area contributed by atoms with Gasteiger partial charge in [-0.1, -0.05) is 56.5 Å². The maximum Gasteiger partial charge on any atom is 0.303 e. The van der Waals surface area contributed by atoms with Gasteiger partial charge >= 0.3 is 10.2 Å². The Balaban J connectivity index is 1.86. The Morgan fingerprint density at radius 1 is 1.15 bits per heavy atom. The molecule has 1 aromatic heterocycles. The molecule has 0 radical (unpaired) electrons. The van der Waals surface area contributed by atoms with Crippen molar-refractivity contribution in [3.05, 3.63) is 59.2 Å². The van der Waals surface area contributed by atoms with Crippen LogP contribution in [0.3, 0.4) is 0 Å². The van der Waals surface area contributed by atoms with E-state index >= 15 is 0 Å². The Morgan fingerprint density at radius 3 is 2.65 bits per heavy atom. The molecule has 4 rings (SSSR count). The fraction of sp³-hybridized carbons (Fsp3) is 0.423. The van der Waals surface area contributed by atoms with Gasteiger partial charge in [-0.05, 0) is 36.1 Å². The number of hydrogen-bond donors (Lipinski definition) is 2. The highest BCUT2D eigenvalue weighted by molar-refractivity contribution is 7.87. The molecule has 1 unspecified atom stereocenters. The van der Waals surface area contributed by atoms with Crippen LogP contribution in [0.25, 0.3) is 22.2 Å². The van der Waals surface area contributed by atoms with Crippen molar-refractivity contribution in [2.24, 2.45) is 0 Å². The molecule has 0 spiro atoms. The summed E-state index contributed by atoms with van der Waals surface area (Å²) in [4.78, 5) is 12.8. The summed E-state index contributed by atoms with van der Waals surface area (Å²) in [6.45, 7) is 2.61. The Bertz CT molecular complexity index is 1310. The number of fused-ring (bicyclic) bond motifs is 5. The molecule has 1 aliphatic rings. The molecule has 0 aliphatic carbocycles. The summed E-state index contributed by atoms with van der Waals surface area (Å²) in [5.74, 6) is -0.676. The first-order valence-corrected chi connectivity index (χ1v) is 13.3. The second-order valence-corrected chi connectivity index (χ2v) is 11.1. The molecule has 182 valence electrons. The number of rotatable bonds is 8. The maximum atomic E-state index is 12.8.